The first-order chi connectivity index (χ1) is 6.86. The first-order valence-corrected chi connectivity index (χ1v) is 4.96. The van der Waals surface area contributed by atoms with Crippen molar-refractivity contribution in [3.05, 3.63) is 52.4 Å². The van der Waals surface area contributed by atoms with E-state index in [4.69, 9.17) is 0 Å². The second-order valence-corrected chi connectivity index (χ2v) is 3.86. The summed E-state index contributed by atoms with van der Waals surface area (Å²) in [5.41, 5.74) is 2.46. The Hall–Kier alpha value is -1.57. The largest absolute Gasteiger partial charge is 0.284 e. The lowest BCUT2D eigenvalue weighted by atomic mass is 10.1. The molecular formula is C12H11NO. The van der Waals surface area contributed by atoms with E-state index >= 15 is 0 Å². The van der Waals surface area contributed by atoms with Crippen molar-refractivity contribution < 1.29 is 0 Å². The first-order valence-electron chi connectivity index (χ1n) is 4.96. The summed E-state index contributed by atoms with van der Waals surface area (Å²) in [6, 6.07) is 9.55. The van der Waals surface area contributed by atoms with E-state index < -0.39 is 0 Å². The molecule has 3 rings (SSSR count). The Balaban J connectivity index is 2.41. The van der Waals surface area contributed by atoms with Gasteiger partial charge in [0.15, 0.2) is 0 Å². The van der Waals surface area contributed by atoms with Crippen LogP contribution in [0.5, 0.6) is 0 Å². The molecule has 0 N–H and O–H groups in total. The molecule has 2 aromatic rings. The van der Waals surface area contributed by atoms with Gasteiger partial charge < -0.3 is 0 Å². The quantitative estimate of drug-likeness (QED) is 0.667. The van der Waals surface area contributed by atoms with E-state index in [0.717, 1.165) is 5.52 Å². The van der Waals surface area contributed by atoms with E-state index in [-0.39, 0.29) is 5.56 Å². The van der Waals surface area contributed by atoms with E-state index in [1.807, 2.05) is 30.5 Å². The van der Waals surface area contributed by atoms with Gasteiger partial charge >= 0.3 is 0 Å². The molecular weight excluding hydrogens is 174 g/mol. The van der Waals surface area contributed by atoms with Crippen molar-refractivity contribution >= 4 is 5.52 Å². The SMILES string of the molecule is O=c1ccc(C2CC2)c2ccccn12. The van der Waals surface area contributed by atoms with Gasteiger partial charge in [-0.15, -0.1) is 0 Å². The number of hydrogen-bond donors (Lipinski definition) is 0. The minimum Gasteiger partial charge on any atom is -0.284 e. The van der Waals surface area contributed by atoms with Crippen LogP contribution in [0.4, 0.5) is 0 Å². The van der Waals surface area contributed by atoms with E-state index in [1.54, 1.807) is 10.5 Å². The molecule has 0 unspecified atom stereocenters. The summed E-state index contributed by atoms with van der Waals surface area (Å²) < 4.78 is 1.73. The van der Waals surface area contributed by atoms with Gasteiger partial charge in [0.05, 0.1) is 5.52 Å². The molecule has 1 aliphatic rings. The standard InChI is InChI=1S/C12H11NO/c14-12-7-6-10(9-4-5-9)11-3-1-2-8-13(11)12/h1-3,6-9H,4-5H2. The van der Waals surface area contributed by atoms with Crippen LogP contribution in [0, 0.1) is 0 Å². The molecule has 2 heteroatoms. The van der Waals surface area contributed by atoms with Crippen molar-refractivity contribution in [2.24, 2.45) is 0 Å². The summed E-state index contributed by atoms with van der Waals surface area (Å²) >= 11 is 0. The fourth-order valence-electron chi connectivity index (χ4n) is 1.94. The summed E-state index contributed by atoms with van der Waals surface area (Å²) in [5, 5.41) is 0. The van der Waals surface area contributed by atoms with Gasteiger partial charge in [-0.05, 0) is 36.5 Å². The highest BCUT2D eigenvalue weighted by Crippen LogP contribution is 2.41. The number of hydrogen-bond acceptors (Lipinski definition) is 1. The normalized spacial score (nSPS) is 16.0. The molecule has 1 saturated carbocycles. The average Bonchev–Trinajstić information content (AvgIpc) is 3.03. The van der Waals surface area contributed by atoms with Crippen molar-refractivity contribution in [1.82, 2.24) is 4.40 Å². The van der Waals surface area contributed by atoms with Crippen LogP contribution >= 0.6 is 0 Å². The maximum Gasteiger partial charge on any atom is 0.255 e. The van der Waals surface area contributed by atoms with E-state index in [2.05, 4.69) is 0 Å². The summed E-state index contributed by atoms with van der Waals surface area (Å²) in [6.07, 6.45) is 4.37. The van der Waals surface area contributed by atoms with Gasteiger partial charge in [-0.3, -0.25) is 9.20 Å². The Kier molecular flexibility index (Phi) is 1.51. The number of aromatic nitrogens is 1. The van der Waals surface area contributed by atoms with Crippen molar-refractivity contribution in [1.29, 1.82) is 0 Å². The summed E-state index contributed by atoms with van der Waals surface area (Å²) in [4.78, 5) is 11.5. The minimum absolute atomic E-state index is 0.0602. The Morgan fingerprint density at radius 1 is 1.14 bits per heavy atom. The molecule has 2 aromatic heterocycles. The van der Waals surface area contributed by atoms with Crippen LogP contribution in [-0.2, 0) is 0 Å². The van der Waals surface area contributed by atoms with Crippen LogP contribution in [0.1, 0.15) is 24.3 Å². The number of pyridine rings is 2. The fourth-order valence-corrected chi connectivity index (χ4v) is 1.94. The topological polar surface area (TPSA) is 21.5 Å². The van der Waals surface area contributed by atoms with Crippen molar-refractivity contribution in [3.63, 3.8) is 0 Å². The van der Waals surface area contributed by atoms with Crippen LogP contribution < -0.4 is 5.56 Å². The van der Waals surface area contributed by atoms with Crippen LogP contribution in [0.2, 0.25) is 0 Å². The molecule has 70 valence electrons. The summed E-state index contributed by atoms with van der Waals surface area (Å²) in [5.74, 6) is 0.688. The van der Waals surface area contributed by atoms with Gasteiger partial charge in [0.2, 0.25) is 0 Å². The van der Waals surface area contributed by atoms with Gasteiger partial charge in [0.1, 0.15) is 0 Å². The van der Waals surface area contributed by atoms with Crippen LogP contribution in [0.25, 0.3) is 5.52 Å². The molecule has 0 aromatic carbocycles. The first kappa shape index (κ1) is 7.80. The molecule has 0 amide bonds. The maximum atomic E-state index is 11.5. The zero-order chi connectivity index (χ0) is 9.54. The molecule has 14 heavy (non-hydrogen) atoms. The maximum absolute atomic E-state index is 11.5. The highest BCUT2D eigenvalue weighted by Gasteiger charge is 2.25. The second-order valence-electron chi connectivity index (χ2n) is 3.86. The van der Waals surface area contributed by atoms with Gasteiger partial charge in [-0.2, -0.15) is 0 Å². The highest BCUT2D eigenvalue weighted by molar-refractivity contribution is 5.56. The molecule has 0 bridgehead atoms. The van der Waals surface area contributed by atoms with Crippen molar-refractivity contribution in [2.75, 3.05) is 0 Å². The van der Waals surface area contributed by atoms with Crippen LogP contribution in [0.3, 0.4) is 0 Å². The van der Waals surface area contributed by atoms with Gasteiger partial charge in [0, 0.05) is 12.3 Å². The van der Waals surface area contributed by atoms with E-state index in [0.29, 0.717) is 5.92 Å². The lowest BCUT2D eigenvalue weighted by molar-refractivity contribution is 1.04. The molecule has 0 spiro atoms. The number of nitrogens with zero attached hydrogens (tertiary/aromatic N) is 1. The predicted octanol–water partition coefficient (Wildman–Crippen LogP) is 2.18. The minimum atomic E-state index is 0.0602. The Labute approximate surface area is 81.8 Å². The molecule has 2 nitrogen and oxygen atoms in total. The Bertz CT molecular complexity index is 537. The predicted molar refractivity (Wildman–Crippen MR) is 55.6 cm³/mol. The Morgan fingerprint density at radius 2 is 2.00 bits per heavy atom. The van der Waals surface area contributed by atoms with E-state index in [1.165, 1.54) is 18.4 Å². The van der Waals surface area contributed by atoms with Crippen molar-refractivity contribution in [2.45, 2.75) is 18.8 Å². The molecule has 0 saturated heterocycles. The van der Waals surface area contributed by atoms with Gasteiger partial charge in [0.25, 0.3) is 5.56 Å². The van der Waals surface area contributed by atoms with Crippen LogP contribution in [0.15, 0.2) is 41.3 Å². The third-order valence-electron chi connectivity index (χ3n) is 2.82. The number of rotatable bonds is 1. The smallest absolute Gasteiger partial charge is 0.255 e. The fraction of sp³-hybridized carbons (Fsp3) is 0.250. The molecule has 0 atom stereocenters. The van der Waals surface area contributed by atoms with Crippen LogP contribution in [-0.4, -0.2) is 4.40 Å². The van der Waals surface area contributed by atoms with Crippen molar-refractivity contribution in [3.8, 4) is 0 Å². The molecule has 1 fully saturated rings. The number of fused-ring (bicyclic) bond motifs is 1. The zero-order valence-electron chi connectivity index (χ0n) is 7.81. The molecule has 2 heterocycles. The van der Waals surface area contributed by atoms with Gasteiger partial charge in [-0.1, -0.05) is 12.1 Å². The lowest BCUT2D eigenvalue weighted by Gasteiger charge is -2.05. The average molecular weight is 185 g/mol. The third-order valence-corrected chi connectivity index (χ3v) is 2.82. The molecule has 0 aliphatic heterocycles. The third kappa shape index (κ3) is 1.07. The lowest BCUT2D eigenvalue weighted by Crippen LogP contribution is -2.12. The highest BCUT2D eigenvalue weighted by atomic mass is 16.1. The Morgan fingerprint density at radius 3 is 2.79 bits per heavy atom. The molecule has 0 radical (unpaired) electrons. The second kappa shape index (κ2) is 2.71. The molecule has 1 aliphatic carbocycles. The van der Waals surface area contributed by atoms with Gasteiger partial charge in [-0.25, -0.2) is 0 Å². The zero-order valence-corrected chi connectivity index (χ0v) is 7.81. The summed E-state index contributed by atoms with van der Waals surface area (Å²) in [7, 11) is 0. The monoisotopic (exact) mass is 185 g/mol. The summed E-state index contributed by atoms with van der Waals surface area (Å²) in [6.45, 7) is 0. The van der Waals surface area contributed by atoms with E-state index in [9.17, 15) is 4.79 Å².